The second-order valence-electron chi connectivity index (χ2n) is 5.11. The summed E-state index contributed by atoms with van der Waals surface area (Å²) in [6.45, 7) is 6.00. The highest BCUT2D eigenvalue weighted by Gasteiger charge is 2.08. The molecule has 0 bridgehead atoms. The second-order valence-corrected chi connectivity index (χ2v) is 5.11. The molecule has 0 unspecified atom stereocenters. The van der Waals surface area contributed by atoms with Gasteiger partial charge in [0.05, 0.1) is 12.8 Å². The van der Waals surface area contributed by atoms with E-state index >= 15 is 0 Å². The molecule has 0 amide bonds. The molecule has 0 radical (unpaired) electrons. The third-order valence-electron chi connectivity index (χ3n) is 3.48. The maximum Gasteiger partial charge on any atom is 0.212 e. The Morgan fingerprint density at radius 2 is 2.10 bits per heavy atom. The zero-order valence-corrected chi connectivity index (χ0v) is 12.6. The zero-order chi connectivity index (χ0) is 14.5. The van der Waals surface area contributed by atoms with Crippen molar-refractivity contribution in [1.29, 1.82) is 0 Å². The van der Waals surface area contributed by atoms with Gasteiger partial charge in [0.1, 0.15) is 0 Å². The van der Waals surface area contributed by atoms with E-state index in [1.807, 2.05) is 19.2 Å². The monoisotopic (exact) mass is 274 g/mol. The molecule has 1 N–H and O–H groups in total. The van der Waals surface area contributed by atoms with Crippen molar-refractivity contribution in [1.82, 2.24) is 20.1 Å². The molecule has 2 rings (SSSR count). The lowest BCUT2D eigenvalue weighted by Gasteiger charge is -2.16. The van der Waals surface area contributed by atoms with E-state index in [1.165, 1.54) is 16.8 Å². The van der Waals surface area contributed by atoms with Crippen molar-refractivity contribution < 1.29 is 4.74 Å². The minimum Gasteiger partial charge on any atom is -0.481 e. The average Bonchev–Trinajstić information content (AvgIpc) is 2.77. The molecule has 0 spiro atoms. The molecule has 0 aliphatic rings. The molecule has 2 heterocycles. The third-order valence-corrected chi connectivity index (χ3v) is 3.48. The number of ether oxygens (including phenoxy) is 1. The van der Waals surface area contributed by atoms with Crippen LogP contribution in [0.5, 0.6) is 5.88 Å². The first kappa shape index (κ1) is 14.5. The Morgan fingerprint density at radius 3 is 2.65 bits per heavy atom. The maximum atomic E-state index is 5.06. The largest absolute Gasteiger partial charge is 0.481 e. The molecule has 5 heteroatoms. The third kappa shape index (κ3) is 3.57. The van der Waals surface area contributed by atoms with Gasteiger partial charge >= 0.3 is 0 Å². The molecule has 0 aliphatic carbocycles. The van der Waals surface area contributed by atoms with E-state index in [0.717, 1.165) is 25.2 Å². The van der Waals surface area contributed by atoms with Gasteiger partial charge in [-0.15, -0.1) is 0 Å². The summed E-state index contributed by atoms with van der Waals surface area (Å²) in [6, 6.07) is 3.95. The van der Waals surface area contributed by atoms with Crippen molar-refractivity contribution >= 4 is 0 Å². The number of likely N-dealkylation sites (N-methyl/N-ethyl adjacent to an activating group) is 1. The highest BCUT2D eigenvalue weighted by molar-refractivity contribution is 5.23. The Hall–Kier alpha value is -1.88. The molecule has 0 fully saturated rings. The molecule has 0 atom stereocenters. The van der Waals surface area contributed by atoms with Crippen molar-refractivity contribution in [2.45, 2.75) is 26.8 Å². The van der Waals surface area contributed by atoms with Crippen LogP contribution in [-0.2, 0) is 13.0 Å². The first-order valence-corrected chi connectivity index (χ1v) is 6.78. The van der Waals surface area contributed by atoms with Crippen LogP contribution in [0, 0.1) is 13.8 Å². The van der Waals surface area contributed by atoms with Gasteiger partial charge < -0.3 is 9.64 Å². The summed E-state index contributed by atoms with van der Waals surface area (Å²) in [6.07, 6.45) is 2.87. The van der Waals surface area contributed by atoms with Crippen LogP contribution in [-0.4, -0.2) is 40.8 Å². The van der Waals surface area contributed by atoms with Gasteiger partial charge in [-0.05, 0) is 38.4 Å². The van der Waals surface area contributed by atoms with E-state index in [-0.39, 0.29) is 0 Å². The predicted octanol–water partition coefficient (Wildman–Crippen LogP) is 2.10. The normalized spacial score (nSPS) is 11.1. The molecule has 2 aromatic heterocycles. The van der Waals surface area contributed by atoms with Crippen molar-refractivity contribution in [2.75, 3.05) is 20.7 Å². The number of methoxy groups -OCH3 is 1. The van der Waals surface area contributed by atoms with E-state index in [0.29, 0.717) is 5.88 Å². The number of hydrogen-bond donors (Lipinski definition) is 1. The fourth-order valence-electron chi connectivity index (χ4n) is 2.26. The summed E-state index contributed by atoms with van der Waals surface area (Å²) in [5.41, 5.74) is 4.78. The summed E-state index contributed by atoms with van der Waals surface area (Å²) in [4.78, 5) is 6.51. The number of aromatic nitrogens is 3. The molecule has 20 heavy (non-hydrogen) atoms. The zero-order valence-electron chi connectivity index (χ0n) is 12.6. The van der Waals surface area contributed by atoms with Crippen molar-refractivity contribution in [2.24, 2.45) is 0 Å². The Kier molecular flexibility index (Phi) is 4.74. The lowest BCUT2D eigenvalue weighted by molar-refractivity contribution is 0.329. The topological polar surface area (TPSA) is 54.0 Å². The minimum atomic E-state index is 0.654. The molecule has 2 aromatic rings. The van der Waals surface area contributed by atoms with Gasteiger partial charge in [-0.1, -0.05) is 6.07 Å². The van der Waals surface area contributed by atoms with Crippen LogP contribution in [0.1, 0.15) is 22.5 Å². The van der Waals surface area contributed by atoms with E-state index in [1.54, 1.807) is 7.11 Å². The number of rotatable bonds is 6. The highest BCUT2D eigenvalue weighted by atomic mass is 16.5. The van der Waals surface area contributed by atoms with Gasteiger partial charge in [0.25, 0.3) is 0 Å². The number of nitrogens with zero attached hydrogens (tertiary/aromatic N) is 3. The van der Waals surface area contributed by atoms with Gasteiger partial charge in [0.15, 0.2) is 0 Å². The lowest BCUT2D eigenvalue weighted by Crippen LogP contribution is -2.21. The Balaban J connectivity index is 1.87. The van der Waals surface area contributed by atoms with Crippen molar-refractivity contribution in [3.8, 4) is 5.88 Å². The maximum absolute atomic E-state index is 5.06. The van der Waals surface area contributed by atoms with Crippen molar-refractivity contribution in [3.63, 3.8) is 0 Å². The Labute approximate surface area is 120 Å². The smallest absolute Gasteiger partial charge is 0.212 e. The van der Waals surface area contributed by atoms with E-state index in [9.17, 15) is 0 Å². The first-order valence-electron chi connectivity index (χ1n) is 6.78. The second kappa shape index (κ2) is 6.52. The quantitative estimate of drug-likeness (QED) is 0.876. The molecule has 108 valence electrons. The Morgan fingerprint density at radius 1 is 1.30 bits per heavy atom. The molecule has 5 nitrogen and oxygen atoms in total. The average molecular weight is 274 g/mol. The molecule has 0 aromatic carbocycles. The van der Waals surface area contributed by atoms with Gasteiger partial charge in [0.2, 0.25) is 5.88 Å². The van der Waals surface area contributed by atoms with E-state index in [4.69, 9.17) is 4.74 Å². The van der Waals surface area contributed by atoms with Crippen LogP contribution in [0.3, 0.4) is 0 Å². The van der Waals surface area contributed by atoms with E-state index in [2.05, 4.69) is 40.1 Å². The van der Waals surface area contributed by atoms with Gasteiger partial charge in [-0.2, -0.15) is 5.10 Å². The summed E-state index contributed by atoms with van der Waals surface area (Å²) in [5, 5.41) is 7.26. The standard InChI is InChI=1S/C15H22N4O/c1-11-14(12(2)18-17-11)7-8-19(3)10-13-5-6-15(20-4)16-9-13/h5-6,9H,7-8,10H2,1-4H3,(H,17,18). The SMILES string of the molecule is COc1ccc(CN(C)CCc2c(C)n[nH]c2C)cn1. The van der Waals surface area contributed by atoms with E-state index < -0.39 is 0 Å². The molecular formula is C15H22N4O. The van der Waals surface area contributed by atoms with Crippen LogP contribution in [0.2, 0.25) is 0 Å². The van der Waals surface area contributed by atoms with Gasteiger partial charge in [-0.3, -0.25) is 5.10 Å². The van der Waals surface area contributed by atoms with Crippen LogP contribution in [0.4, 0.5) is 0 Å². The molecular weight excluding hydrogens is 252 g/mol. The summed E-state index contributed by atoms with van der Waals surface area (Å²) in [7, 11) is 3.75. The predicted molar refractivity (Wildman–Crippen MR) is 78.9 cm³/mol. The van der Waals surface area contributed by atoms with Gasteiger partial charge in [0, 0.05) is 31.0 Å². The number of aromatic amines is 1. The summed E-state index contributed by atoms with van der Waals surface area (Å²) < 4.78 is 5.06. The number of H-pyrrole nitrogens is 1. The molecule has 0 saturated heterocycles. The van der Waals surface area contributed by atoms with Crippen LogP contribution in [0.25, 0.3) is 0 Å². The summed E-state index contributed by atoms with van der Waals surface area (Å²) in [5.74, 6) is 0.654. The molecule has 0 saturated carbocycles. The molecule has 0 aliphatic heterocycles. The van der Waals surface area contributed by atoms with Crippen molar-refractivity contribution in [3.05, 3.63) is 40.8 Å². The number of aryl methyl sites for hydroxylation is 2. The van der Waals surface area contributed by atoms with Gasteiger partial charge in [-0.25, -0.2) is 4.98 Å². The van der Waals surface area contributed by atoms with Crippen LogP contribution < -0.4 is 4.74 Å². The van der Waals surface area contributed by atoms with Crippen LogP contribution in [0.15, 0.2) is 18.3 Å². The Bertz CT molecular complexity index is 528. The lowest BCUT2D eigenvalue weighted by atomic mass is 10.1. The minimum absolute atomic E-state index is 0.654. The highest BCUT2D eigenvalue weighted by Crippen LogP contribution is 2.12. The number of hydrogen-bond acceptors (Lipinski definition) is 4. The first-order chi connectivity index (χ1) is 9.60. The fourth-order valence-corrected chi connectivity index (χ4v) is 2.26. The summed E-state index contributed by atoms with van der Waals surface area (Å²) >= 11 is 0. The number of nitrogens with one attached hydrogen (secondary N) is 1. The number of pyridine rings is 1. The van der Waals surface area contributed by atoms with Crippen LogP contribution >= 0.6 is 0 Å². The fraction of sp³-hybridized carbons (Fsp3) is 0.467.